The summed E-state index contributed by atoms with van der Waals surface area (Å²) >= 11 is 1.71. The molecule has 0 aromatic carbocycles. The summed E-state index contributed by atoms with van der Waals surface area (Å²) in [6, 6.07) is 0. The average molecular weight is 318 g/mol. The second kappa shape index (κ2) is 6.92. The lowest BCUT2D eigenvalue weighted by Crippen LogP contribution is -2.33. The minimum Gasteiger partial charge on any atom is -0.369 e. The molecule has 0 amide bonds. The topological polar surface area (TPSA) is 41.0 Å². The number of aromatic nitrogens is 2. The third-order valence-corrected chi connectivity index (χ3v) is 5.72. The molecular formula is C17H26N4S. The van der Waals surface area contributed by atoms with E-state index in [1.807, 2.05) is 6.92 Å². The molecule has 0 atom stereocenters. The number of hydrogen-bond acceptors (Lipinski definition) is 5. The maximum Gasteiger partial charge on any atom is 0.138 e. The first-order valence-electron chi connectivity index (χ1n) is 8.36. The van der Waals surface area contributed by atoms with Gasteiger partial charge in [-0.05, 0) is 69.6 Å². The van der Waals surface area contributed by atoms with Crippen molar-refractivity contribution in [2.24, 2.45) is 5.92 Å². The summed E-state index contributed by atoms with van der Waals surface area (Å²) in [4.78, 5) is 12.8. The molecule has 0 unspecified atom stereocenters. The van der Waals surface area contributed by atoms with Crippen LogP contribution in [0.5, 0.6) is 0 Å². The van der Waals surface area contributed by atoms with E-state index in [9.17, 15) is 0 Å². The summed E-state index contributed by atoms with van der Waals surface area (Å²) in [6.45, 7) is 11.1. The molecule has 1 aliphatic rings. The van der Waals surface area contributed by atoms with Gasteiger partial charge in [-0.3, -0.25) is 0 Å². The summed E-state index contributed by atoms with van der Waals surface area (Å²) in [6.07, 6.45) is 3.92. The lowest BCUT2D eigenvalue weighted by atomic mass is 9.93. The van der Waals surface area contributed by atoms with Gasteiger partial charge in [0.1, 0.15) is 16.5 Å². The van der Waals surface area contributed by atoms with Crippen LogP contribution in [0, 0.1) is 19.8 Å². The Labute approximate surface area is 137 Å². The highest BCUT2D eigenvalue weighted by molar-refractivity contribution is 7.17. The Bertz CT molecular complexity index is 629. The summed E-state index contributed by atoms with van der Waals surface area (Å²) in [5.41, 5.74) is 1.28. The second-order valence-electron chi connectivity index (χ2n) is 6.31. The molecule has 0 saturated carbocycles. The van der Waals surface area contributed by atoms with Crippen LogP contribution >= 0.6 is 11.3 Å². The van der Waals surface area contributed by atoms with Crippen molar-refractivity contribution in [3.63, 3.8) is 0 Å². The zero-order valence-electron chi connectivity index (χ0n) is 13.9. The van der Waals surface area contributed by atoms with Gasteiger partial charge in [0.2, 0.25) is 0 Å². The van der Waals surface area contributed by atoms with Crippen molar-refractivity contribution in [1.29, 1.82) is 0 Å². The van der Waals surface area contributed by atoms with Gasteiger partial charge < -0.3 is 10.2 Å². The van der Waals surface area contributed by atoms with E-state index in [0.717, 1.165) is 28.9 Å². The molecule has 4 nitrogen and oxygen atoms in total. The molecule has 0 radical (unpaired) electrons. The number of hydrogen-bond donors (Lipinski definition) is 1. The number of rotatable bonds is 5. The van der Waals surface area contributed by atoms with Crippen molar-refractivity contribution in [3.05, 3.63) is 16.8 Å². The predicted molar refractivity (Wildman–Crippen MR) is 94.8 cm³/mol. The number of nitrogens with one attached hydrogen (secondary N) is 1. The molecule has 1 aliphatic heterocycles. The van der Waals surface area contributed by atoms with Gasteiger partial charge in [-0.1, -0.05) is 6.92 Å². The monoisotopic (exact) mass is 318 g/mol. The van der Waals surface area contributed by atoms with Gasteiger partial charge in [0.25, 0.3) is 0 Å². The number of anilines is 1. The minimum atomic E-state index is 0.855. The Balaban J connectivity index is 1.59. The smallest absolute Gasteiger partial charge is 0.138 e. The van der Waals surface area contributed by atoms with E-state index in [0.29, 0.717) is 0 Å². The zero-order chi connectivity index (χ0) is 15.5. The highest BCUT2D eigenvalue weighted by Crippen LogP contribution is 2.29. The number of fused-ring (bicyclic) bond motifs is 1. The van der Waals surface area contributed by atoms with Gasteiger partial charge in [0, 0.05) is 6.54 Å². The van der Waals surface area contributed by atoms with Crippen molar-refractivity contribution in [2.75, 3.05) is 31.5 Å². The summed E-state index contributed by atoms with van der Waals surface area (Å²) < 4.78 is 0. The molecule has 0 spiro atoms. The van der Waals surface area contributed by atoms with E-state index in [4.69, 9.17) is 0 Å². The quantitative estimate of drug-likeness (QED) is 0.909. The maximum absolute atomic E-state index is 4.62. The Morgan fingerprint density at radius 2 is 2.05 bits per heavy atom. The van der Waals surface area contributed by atoms with Crippen LogP contribution in [0.3, 0.4) is 0 Å². The molecule has 120 valence electrons. The molecule has 1 saturated heterocycles. The van der Waals surface area contributed by atoms with E-state index < -0.39 is 0 Å². The number of aryl methyl sites for hydroxylation is 2. The molecule has 0 bridgehead atoms. The summed E-state index contributed by atoms with van der Waals surface area (Å²) in [5.74, 6) is 2.73. The van der Waals surface area contributed by atoms with Crippen LogP contribution in [0.1, 0.15) is 37.6 Å². The van der Waals surface area contributed by atoms with Crippen LogP contribution in [0.15, 0.2) is 5.38 Å². The highest BCUT2D eigenvalue weighted by atomic mass is 32.1. The predicted octanol–water partition coefficient (Wildman–Crippen LogP) is 3.84. The van der Waals surface area contributed by atoms with Gasteiger partial charge in [0.15, 0.2) is 0 Å². The van der Waals surface area contributed by atoms with Crippen LogP contribution < -0.4 is 5.32 Å². The SMILES string of the molecule is CCN1CCC(CCNc2nc(C)nc3scc(C)c23)CC1. The van der Waals surface area contributed by atoms with E-state index in [1.165, 1.54) is 49.8 Å². The van der Waals surface area contributed by atoms with E-state index in [2.05, 4.69) is 39.4 Å². The average Bonchev–Trinajstić information content (AvgIpc) is 2.89. The summed E-state index contributed by atoms with van der Waals surface area (Å²) in [7, 11) is 0. The van der Waals surface area contributed by atoms with E-state index in [1.54, 1.807) is 11.3 Å². The van der Waals surface area contributed by atoms with Crippen molar-refractivity contribution in [3.8, 4) is 0 Å². The Hall–Kier alpha value is -1.20. The van der Waals surface area contributed by atoms with Gasteiger partial charge in [-0.25, -0.2) is 9.97 Å². The van der Waals surface area contributed by atoms with Crippen LogP contribution in [0.2, 0.25) is 0 Å². The fourth-order valence-corrected chi connectivity index (χ4v) is 4.27. The largest absolute Gasteiger partial charge is 0.369 e. The molecule has 1 N–H and O–H groups in total. The van der Waals surface area contributed by atoms with Crippen LogP contribution in [0.25, 0.3) is 10.2 Å². The Morgan fingerprint density at radius 1 is 1.27 bits per heavy atom. The van der Waals surface area contributed by atoms with Crippen LogP contribution in [0.4, 0.5) is 5.82 Å². The lowest BCUT2D eigenvalue weighted by Gasteiger charge is -2.31. The molecule has 1 fully saturated rings. The molecular weight excluding hydrogens is 292 g/mol. The van der Waals surface area contributed by atoms with Crippen molar-refractivity contribution in [1.82, 2.24) is 14.9 Å². The molecule has 3 heterocycles. The first kappa shape index (κ1) is 15.7. The lowest BCUT2D eigenvalue weighted by molar-refractivity contribution is 0.189. The molecule has 22 heavy (non-hydrogen) atoms. The van der Waals surface area contributed by atoms with Gasteiger partial charge in [-0.15, -0.1) is 11.3 Å². The third-order valence-electron chi connectivity index (χ3n) is 4.73. The molecule has 0 aliphatic carbocycles. The van der Waals surface area contributed by atoms with E-state index in [-0.39, 0.29) is 0 Å². The number of nitrogens with zero attached hydrogens (tertiary/aromatic N) is 3. The van der Waals surface area contributed by atoms with Crippen molar-refractivity contribution >= 4 is 27.4 Å². The second-order valence-corrected chi connectivity index (χ2v) is 7.17. The van der Waals surface area contributed by atoms with Gasteiger partial charge >= 0.3 is 0 Å². The van der Waals surface area contributed by atoms with Crippen LogP contribution in [-0.2, 0) is 0 Å². The molecule has 2 aromatic rings. The Kier molecular flexibility index (Phi) is 4.93. The normalized spacial score (nSPS) is 17.2. The standard InChI is InChI=1S/C17H26N4S/c1-4-21-9-6-14(7-10-21)5-8-18-16-15-12(2)11-22-17(15)20-13(3)19-16/h11,14H,4-10H2,1-3H3,(H,18,19,20). The number of piperidine rings is 1. The van der Waals surface area contributed by atoms with Gasteiger partial charge in [0.05, 0.1) is 5.39 Å². The maximum atomic E-state index is 4.62. The molecule has 2 aromatic heterocycles. The first-order chi connectivity index (χ1) is 10.7. The van der Waals surface area contributed by atoms with Crippen molar-refractivity contribution < 1.29 is 0 Å². The third kappa shape index (κ3) is 3.41. The fraction of sp³-hybridized carbons (Fsp3) is 0.647. The zero-order valence-corrected chi connectivity index (χ0v) is 14.7. The first-order valence-corrected chi connectivity index (χ1v) is 9.24. The Morgan fingerprint density at radius 3 is 2.77 bits per heavy atom. The van der Waals surface area contributed by atoms with Crippen LogP contribution in [-0.4, -0.2) is 41.0 Å². The van der Waals surface area contributed by atoms with Crippen molar-refractivity contribution in [2.45, 2.75) is 40.0 Å². The molecule has 3 rings (SSSR count). The fourth-order valence-electron chi connectivity index (χ4n) is 3.30. The summed E-state index contributed by atoms with van der Waals surface area (Å²) in [5, 5.41) is 6.95. The minimum absolute atomic E-state index is 0.855. The van der Waals surface area contributed by atoms with E-state index >= 15 is 0 Å². The number of likely N-dealkylation sites (tertiary alicyclic amines) is 1. The molecule has 5 heteroatoms. The highest BCUT2D eigenvalue weighted by Gasteiger charge is 2.18. The van der Waals surface area contributed by atoms with Gasteiger partial charge in [-0.2, -0.15) is 0 Å². The number of thiophene rings is 1.